The molecular weight excluding hydrogens is 412 g/mol. The summed E-state index contributed by atoms with van der Waals surface area (Å²) in [4.78, 5) is 20.2. The summed E-state index contributed by atoms with van der Waals surface area (Å²) in [6.07, 6.45) is 7.18. The molecule has 6 nitrogen and oxygen atoms in total. The van der Waals surface area contributed by atoms with Gasteiger partial charge in [-0.1, -0.05) is 12.1 Å². The third-order valence-electron chi connectivity index (χ3n) is 6.99. The number of pyridine rings is 1. The summed E-state index contributed by atoms with van der Waals surface area (Å²) in [5, 5.41) is 7.53. The molecule has 1 N–H and O–H groups in total. The van der Waals surface area contributed by atoms with Crippen molar-refractivity contribution in [2.24, 2.45) is 0 Å². The molecule has 1 fully saturated rings. The molecule has 5 rings (SSSR count). The van der Waals surface area contributed by atoms with Gasteiger partial charge >= 0.3 is 0 Å². The number of nitrogens with zero attached hydrogens (tertiary/aromatic N) is 3. The second kappa shape index (κ2) is 9.38. The smallest absolute Gasteiger partial charge is 0.274 e. The van der Waals surface area contributed by atoms with E-state index in [0.29, 0.717) is 12.2 Å². The Morgan fingerprint density at radius 1 is 1.12 bits per heavy atom. The molecule has 0 bridgehead atoms. The van der Waals surface area contributed by atoms with Crippen LogP contribution in [0.25, 0.3) is 0 Å². The van der Waals surface area contributed by atoms with Crippen LogP contribution in [0, 0.1) is 6.92 Å². The molecule has 172 valence electrons. The predicted molar refractivity (Wildman–Crippen MR) is 128 cm³/mol. The number of nitrogens with one attached hydrogen (secondary N) is 1. The molecule has 2 aromatic heterocycles. The van der Waals surface area contributed by atoms with Crippen LogP contribution in [0.15, 0.2) is 36.4 Å². The molecule has 3 heterocycles. The average Bonchev–Trinajstić information content (AvgIpc) is 3.28. The summed E-state index contributed by atoms with van der Waals surface area (Å²) in [5.74, 6) is 1.20. The maximum absolute atomic E-state index is 13.3. The summed E-state index contributed by atoms with van der Waals surface area (Å²) >= 11 is 0. The summed E-state index contributed by atoms with van der Waals surface area (Å²) in [6, 6.07) is 12.6. The van der Waals surface area contributed by atoms with Crippen LogP contribution in [0.3, 0.4) is 0 Å². The molecule has 1 aliphatic heterocycles. The Balaban J connectivity index is 1.32. The molecule has 33 heavy (non-hydrogen) atoms. The van der Waals surface area contributed by atoms with Gasteiger partial charge in [0.1, 0.15) is 5.75 Å². The van der Waals surface area contributed by atoms with Crippen LogP contribution in [0.2, 0.25) is 0 Å². The van der Waals surface area contributed by atoms with Gasteiger partial charge in [-0.15, -0.1) is 0 Å². The minimum atomic E-state index is 0.0743. The third-order valence-corrected chi connectivity index (χ3v) is 6.99. The molecule has 1 aromatic carbocycles. The van der Waals surface area contributed by atoms with E-state index in [2.05, 4.69) is 41.4 Å². The zero-order valence-electron chi connectivity index (χ0n) is 19.6. The van der Waals surface area contributed by atoms with E-state index in [-0.39, 0.29) is 11.8 Å². The Morgan fingerprint density at radius 3 is 2.76 bits per heavy atom. The van der Waals surface area contributed by atoms with E-state index in [9.17, 15) is 4.79 Å². The highest BCUT2D eigenvalue weighted by atomic mass is 16.5. The maximum Gasteiger partial charge on any atom is 0.274 e. The third kappa shape index (κ3) is 4.65. The fourth-order valence-corrected chi connectivity index (χ4v) is 5.27. The first-order valence-corrected chi connectivity index (χ1v) is 12.1. The Kier molecular flexibility index (Phi) is 6.16. The first-order valence-electron chi connectivity index (χ1n) is 12.1. The molecule has 1 atom stereocenters. The lowest BCUT2D eigenvalue weighted by molar-refractivity contribution is 0.0698. The molecular formula is C27H32N4O2. The van der Waals surface area contributed by atoms with E-state index in [0.717, 1.165) is 73.5 Å². The zero-order valence-corrected chi connectivity index (χ0v) is 19.6. The summed E-state index contributed by atoms with van der Waals surface area (Å²) in [6.45, 7) is 3.56. The van der Waals surface area contributed by atoms with Gasteiger partial charge in [0.05, 0.1) is 7.11 Å². The number of aromatic amines is 1. The molecule has 1 saturated heterocycles. The SMILES string of the molecule is COc1ccc(Cc2cc(C)nc([C@H]3CCCN(C(=O)c4n[nH]c5c4CCCC5)C3)c2)cc1. The Bertz CT molecular complexity index is 1140. The van der Waals surface area contributed by atoms with E-state index in [1.54, 1.807) is 7.11 Å². The molecule has 0 spiro atoms. The van der Waals surface area contributed by atoms with E-state index in [1.165, 1.54) is 17.5 Å². The van der Waals surface area contributed by atoms with E-state index in [4.69, 9.17) is 9.72 Å². The Labute approximate surface area is 195 Å². The number of methoxy groups -OCH3 is 1. The minimum Gasteiger partial charge on any atom is -0.497 e. The topological polar surface area (TPSA) is 71.1 Å². The molecule has 0 radical (unpaired) electrons. The van der Waals surface area contributed by atoms with Crippen LogP contribution >= 0.6 is 0 Å². The van der Waals surface area contributed by atoms with Crippen molar-refractivity contribution in [2.75, 3.05) is 20.2 Å². The standard InChI is InChI=1S/C27H32N4O2/c1-18-14-20(15-19-9-11-22(33-2)12-10-19)16-25(28-18)21-6-5-13-31(17-21)27(32)26-23-7-3-4-8-24(23)29-30-26/h9-12,14,16,21H,3-8,13,15,17H2,1-2H3,(H,29,30)/t21-/m0/s1. The number of aryl methyl sites for hydroxylation is 2. The lowest BCUT2D eigenvalue weighted by atomic mass is 9.91. The number of aromatic nitrogens is 3. The van der Waals surface area contributed by atoms with Gasteiger partial charge in [-0.2, -0.15) is 5.10 Å². The van der Waals surface area contributed by atoms with E-state index in [1.807, 2.05) is 17.0 Å². The van der Waals surface area contributed by atoms with Crippen molar-refractivity contribution >= 4 is 5.91 Å². The summed E-state index contributed by atoms with van der Waals surface area (Å²) < 4.78 is 5.28. The van der Waals surface area contributed by atoms with Gasteiger partial charge in [-0.25, -0.2) is 0 Å². The minimum absolute atomic E-state index is 0.0743. The van der Waals surface area contributed by atoms with Crippen molar-refractivity contribution in [1.82, 2.24) is 20.1 Å². The quantitative estimate of drug-likeness (QED) is 0.624. The van der Waals surface area contributed by atoms with Crippen LogP contribution in [0.1, 0.15) is 75.9 Å². The van der Waals surface area contributed by atoms with Crippen molar-refractivity contribution in [1.29, 1.82) is 0 Å². The van der Waals surface area contributed by atoms with E-state index >= 15 is 0 Å². The van der Waals surface area contributed by atoms with Crippen molar-refractivity contribution in [3.63, 3.8) is 0 Å². The number of rotatable bonds is 5. The first-order chi connectivity index (χ1) is 16.1. The second-order valence-electron chi connectivity index (χ2n) is 9.39. The largest absolute Gasteiger partial charge is 0.497 e. The summed E-state index contributed by atoms with van der Waals surface area (Å²) in [7, 11) is 1.69. The molecule has 1 aliphatic carbocycles. The van der Waals surface area contributed by atoms with Gasteiger partial charge < -0.3 is 9.64 Å². The van der Waals surface area contributed by atoms with E-state index < -0.39 is 0 Å². The fourth-order valence-electron chi connectivity index (χ4n) is 5.27. The van der Waals surface area contributed by atoms with Gasteiger partial charge in [-0.05, 0) is 87.3 Å². The normalized spacial score (nSPS) is 18.1. The maximum atomic E-state index is 13.3. The molecule has 1 amide bonds. The number of hydrogen-bond acceptors (Lipinski definition) is 4. The zero-order chi connectivity index (χ0) is 22.8. The van der Waals surface area contributed by atoms with Gasteiger partial charge in [0.2, 0.25) is 0 Å². The number of carbonyl (C=O) groups is 1. The van der Waals surface area contributed by atoms with Crippen molar-refractivity contribution in [3.05, 3.63) is 75.9 Å². The number of amides is 1. The van der Waals surface area contributed by atoms with Gasteiger partial charge in [0.15, 0.2) is 5.69 Å². The lowest BCUT2D eigenvalue weighted by Crippen LogP contribution is -2.40. The number of H-pyrrole nitrogens is 1. The number of hydrogen-bond donors (Lipinski definition) is 1. The first kappa shape index (κ1) is 21.7. The molecule has 3 aromatic rings. The average molecular weight is 445 g/mol. The van der Waals surface area contributed by atoms with Crippen molar-refractivity contribution in [3.8, 4) is 5.75 Å². The number of likely N-dealkylation sites (tertiary alicyclic amines) is 1. The number of piperidine rings is 1. The van der Waals surface area contributed by atoms with Crippen molar-refractivity contribution in [2.45, 2.75) is 57.8 Å². The molecule has 0 saturated carbocycles. The Morgan fingerprint density at radius 2 is 1.94 bits per heavy atom. The van der Waals surface area contributed by atoms with Crippen LogP contribution in [0.4, 0.5) is 0 Å². The molecule has 0 unspecified atom stereocenters. The van der Waals surface area contributed by atoms with Gasteiger partial charge in [0.25, 0.3) is 5.91 Å². The molecule has 6 heteroatoms. The summed E-state index contributed by atoms with van der Waals surface area (Å²) in [5.41, 5.74) is 7.57. The van der Waals surface area contributed by atoms with Crippen molar-refractivity contribution < 1.29 is 9.53 Å². The fraction of sp³-hybridized carbons (Fsp3) is 0.444. The van der Waals surface area contributed by atoms with Crippen LogP contribution in [0.5, 0.6) is 5.75 Å². The second-order valence-corrected chi connectivity index (χ2v) is 9.39. The highest BCUT2D eigenvalue weighted by molar-refractivity contribution is 5.94. The van der Waals surface area contributed by atoms with Gasteiger partial charge in [0, 0.05) is 41.7 Å². The number of ether oxygens (including phenoxy) is 1. The monoisotopic (exact) mass is 444 g/mol. The highest BCUT2D eigenvalue weighted by Crippen LogP contribution is 2.30. The lowest BCUT2D eigenvalue weighted by Gasteiger charge is -2.32. The predicted octanol–water partition coefficient (Wildman–Crippen LogP) is 4.61. The van der Waals surface area contributed by atoms with Crippen LogP contribution < -0.4 is 4.74 Å². The van der Waals surface area contributed by atoms with Crippen LogP contribution in [-0.2, 0) is 19.3 Å². The number of benzene rings is 1. The highest BCUT2D eigenvalue weighted by Gasteiger charge is 2.30. The molecule has 2 aliphatic rings. The van der Waals surface area contributed by atoms with Crippen LogP contribution in [-0.4, -0.2) is 46.2 Å². The Hall–Kier alpha value is -3.15. The number of fused-ring (bicyclic) bond motifs is 1. The number of carbonyl (C=O) groups excluding carboxylic acids is 1. The van der Waals surface area contributed by atoms with Gasteiger partial charge in [-0.3, -0.25) is 14.9 Å².